The van der Waals surface area contributed by atoms with Gasteiger partial charge in [0.2, 0.25) is 0 Å². The Balaban J connectivity index is 1.65. The quantitative estimate of drug-likeness (QED) is 0.870. The number of rotatable bonds is 4. The highest BCUT2D eigenvalue weighted by Crippen LogP contribution is 2.24. The summed E-state index contributed by atoms with van der Waals surface area (Å²) in [7, 11) is 0. The molecule has 0 bridgehead atoms. The summed E-state index contributed by atoms with van der Waals surface area (Å²) in [6.07, 6.45) is 7.73. The molecule has 4 heteroatoms. The lowest BCUT2D eigenvalue weighted by atomic mass is 10.0. The normalized spacial score (nSPS) is 17.5. The van der Waals surface area contributed by atoms with Crippen molar-refractivity contribution in [2.45, 2.75) is 45.6 Å². The summed E-state index contributed by atoms with van der Waals surface area (Å²) in [6, 6.07) is 8.31. The average Bonchev–Trinajstić information content (AvgIpc) is 3.01. The zero-order chi connectivity index (χ0) is 16.2. The van der Waals surface area contributed by atoms with Crippen molar-refractivity contribution in [1.29, 1.82) is 0 Å². The second-order valence-corrected chi connectivity index (χ2v) is 6.33. The van der Waals surface area contributed by atoms with E-state index in [2.05, 4.69) is 22.1 Å². The van der Waals surface area contributed by atoms with Gasteiger partial charge in [-0.2, -0.15) is 0 Å². The zero-order valence-electron chi connectivity index (χ0n) is 13.8. The van der Waals surface area contributed by atoms with Crippen LogP contribution in [0.3, 0.4) is 0 Å². The first kappa shape index (κ1) is 15.7. The van der Waals surface area contributed by atoms with Crippen molar-refractivity contribution < 1.29 is 4.79 Å². The molecule has 0 saturated carbocycles. The lowest BCUT2D eigenvalue weighted by Gasteiger charge is -2.25. The molecule has 0 unspecified atom stereocenters. The monoisotopic (exact) mass is 309 g/mol. The zero-order valence-corrected chi connectivity index (χ0v) is 13.8. The maximum atomic E-state index is 12.7. The molecule has 4 nitrogen and oxygen atoms in total. The van der Waals surface area contributed by atoms with Crippen molar-refractivity contribution in [1.82, 2.24) is 14.9 Å². The maximum Gasteiger partial charge on any atom is 0.255 e. The minimum absolute atomic E-state index is 0.117. The number of carbonyl (C=O) groups is 1. The Kier molecular flexibility index (Phi) is 4.70. The number of aromatic nitrogens is 2. The third-order valence-electron chi connectivity index (χ3n) is 4.52. The van der Waals surface area contributed by atoms with E-state index in [1.165, 1.54) is 5.56 Å². The van der Waals surface area contributed by atoms with E-state index in [9.17, 15) is 4.79 Å². The topological polar surface area (TPSA) is 46.1 Å². The van der Waals surface area contributed by atoms with Crippen molar-refractivity contribution in [3.63, 3.8) is 0 Å². The third kappa shape index (κ3) is 3.76. The van der Waals surface area contributed by atoms with E-state index in [0.29, 0.717) is 11.6 Å². The summed E-state index contributed by atoms with van der Waals surface area (Å²) >= 11 is 0. The van der Waals surface area contributed by atoms with Gasteiger partial charge in [0.1, 0.15) is 0 Å². The van der Waals surface area contributed by atoms with Gasteiger partial charge in [-0.25, -0.2) is 0 Å². The van der Waals surface area contributed by atoms with Crippen molar-refractivity contribution in [2.24, 2.45) is 0 Å². The fourth-order valence-electron chi connectivity index (χ4n) is 3.26. The lowest BCUT2D eigenvalue weighted by molar-refractivity contribution is 0.0730. The Labute approximate surface area is 137 Å². The van der Waals surface area contributed by atoms with Gasteiger partial charge in [0, 0.05) is 36.4 Å². The van der Waals surface area contributed by atoms with Gasteiger partial charge in [0.25, 0.3) is 5.91 Å². The standard InChI is InChI=1S/C19H23N3O/c1-14-5-7-17(13-21-14)19(23)22-11-3-4-18(22)8-6-16-9-10-20-15(2)12-16/h5,7,9-10,12-13,18H,3-4,6,8,11H2,1-2H3/t18-/m1/s1. The SMILES string of the molecule is Cc1ccc(C(=O)N2CCC[C@@H]2CCc2ccnc(C)c2)cn1. The molecular weight excluding hydrogens is 286 g/mol. The predicted molar refractivity (Wildman–Crippen MR) is 90.3 cm³/mol. The highest BCUT2D eigenvalue weighted by Gasteiger charge is 2.29. The number of amides is 1. The number of hydrogen-bond acceptors (Lipinski definition) is 3. The largest absolute Gasteiger partial charge is 0.336 e. The van der Waals surface area contributed by atoms with E-state index in [0.717, 1.165) is 43.6 Å². The Morgan fingerprint density at radius 3 is 2.83 bits per heavy atom. The van der Waals surface area contributed by atoms with Crippen LogP contribution in [0.15, 0.2) is 36.7 Å². The van der Waals surface area contributed by atoms with E-state index in [1.807, 2.05) is 37.1 Å². The molecule has 3 rings (SSSR count). The third-order valence-corrected chi connectivity index (χ3v) is 4.52. The molecule has 0 aliphatic carbocycles. The highest BCUT2D eigenvalue weighted by atomic mass is 16.2. The maximum absolute atomic E-state index is 12.7. The summed E-state index contributed by atoms with van der Waals surface area (Å²) in [4.78, 5) is 23.2. The molecule has 1 fully saturated rings. The van der Waals surface area contributed by atoms with Crippen LogP contribution in [0.5, 0.6) is 0 Å². The van der Waals surface area contributed by atoms with Gasteiger partial charge in [0.15, 0.2) is 0 Å². The number of carbonyl (C=O) groups excluding carboxylic acids is 1. The molecule has 1 aliphatic heterocycles. The molecule has 23 heavy (non-hydrogen) atoms. The number of likely N-dealkylation sites (tertiary alicyclic amines) is 1. The predicted octanol–water partition coefficient (Wildman–Crippen LogP) is 3.33. The van der Waals surface area contributed by atoms with Crippen LogP contribution < -0.4 is 0 Å². The minimum atomic E-state index is 0.117. The van der Waals surface area contributed by atoms with Crippen LogP contribution in [0.2, 0.25) is 0 Å². The molecule has 0 spiro atoms. The minimum Gasteiger partial charge on any atom is -0.336 e. The number of pyridine rings is 2. The molecule has 0 aromatic carbocycles. The molecule has 0 N–H and O–H groups in total. The van der Waals surface area contributed by atoms with Crippen molar-refractivity contribution in [2.75, 3.05) is 6.54 Å². The molecular formula is C19H23N3O. The van der Waals surface area contributed by atoms with Crippen molar-refractivity contribution in [3.05, 3.63) is 59.2 Å². The van der Waals surface area contributed by atoms with E-state index in [1.54, 1.807) is 6.20 Å². The van der Waals surface area contributed by atoms with Gasteiger partial charge in [-0.15, -0.1) is 0 Å². The highest BCUT2D eigenvalue weighted by molar-refractivity contribution is 5.94. The van der Waals surface area contributed by atoms with Crippen LogP contribution in [-0.4, -0.2) is 33.4 Å². The Morgan fingerprint density at radius 2 is 2.09 bits per heavy atom. The summed E-state index contributed by atoms with van der Waals surface area (Å²) in [5, 5.41) is 0. The summed E-state index contributed by atoms with van der Waals surface area (Å²) in [6.45, 7) is 4.80. The van der Waals surface area contributed by atoms with Crippen LogP contribution in [0.1, 0.15) is 46.6 Å². The van der Waals surface area contributed by atoms with E-state index >= 15 is 0 Å². The molecule has 1 amide bonds. The molecule has 120 valence electrons. The molecule has 0 radical (unpaired) electrons. The van der Waals surface area contributed by atoms with Crippen molar-refractivity contribution >= 4 is 5.91 Å². The van der Waals surface area contributed by atoms with E-state index in [4.69, 9.17) is 0 Å². The van der Waals surface area contributed by atoms with Crippen LogP contribution in [0.25, 0.3) is 0 Å². The first-order valence-corrected chi connectivity index (χ1v) is 8.28. The van der Waals surface area contributed by atoms with E-state index in [-0.39, 0.29) is 5.91 Å². The second kappa shape index (κ2) is 6.90. The van der Waals surface area contributed by atoms with Crippen LogP contribution in [0.4, 0.5) is 0 Å². The Bertz CT molecular complexity index is 681. The molecule has 3 heterocycles. The summed E-state index contributed by atoms with van der Waals surface area (Å²) in [5.41, 5.74) is 3.98. The average molecular weight is 309 g/mol. The van der Waals surface area contributed by atoms with Gasteiger partial charge >= 0.3 is 0 Å². The number of nitrogens with zero attached hydrogens (tertiary/aromatic N) is 3. The lowest BCUT2D eigenvalue weighted by Crippen LogP contribution is -2.35. The van der Waals surface area contributed by atoms with E-state index < -0.39 is 0 Å². The van der Waals surface area contributed by atoms with Crippen LogP contribution >= 0.6 is 0 Å². The fourth-order valence-corrected chi connectivity index (χ4v) is 3.26. The molecule has 1 aliphatic rings. The van der Waals surface area contributed by atoms with Gasteiger partial charge in [0.05, 0.1) is 5.56 Å². The smallest absolute Gasteiger partial charge is 0.255 e. The van der Waals surface area contributed by atoms with Crippen LogP contribution in [-0.2, 0) is 6.42 Å². The summed E-state index contributed by atoms with van der Waals surface area (Å²) in [5.74, 6) is 0.117. The number of aryl methyl sites for hydroxylation is 3. The molecule has 1 atom stereocenters. The van der Waals surface area contributed by atoms with Gasteiger partial charge in [-0.1, -0.05) is 0 Å². The van der Waals surface area contributed by atoms with Gasteiger partial charge in [-0.3, -0.25) is 14.8 Å². The Hall–Kier alpha value is -2.23. The van der Waals surface area contributed by atoms with Crippen LogP contribution in [0, 0.1) is 13.8 Å². The first-order valence-electron chi connectivity index (χ1n) is 8.28. The van der Waals surface area contributed by atoms with Gasteiger partial charge in [-0.05, 0) is 69.4 Å². The molecule has 1 saturated heterocycles. The summed E-state index contributed by atoms with van der Waals surface area (Å²) < 4.78 is 0. The second-order valence-electron chi connectivity index (χ2n) is 6.33. The first-order chi connectivity index (χ1) is 11.1. The Morgan fingerprint density at radius 1 is 1.22 bits per heavy atom. The van der Waals surface area contributed by atoms with Gasteiger partial charge < -0.3 is 4.90 Å². The number of hydrogen-bond donors (Lipinski definition) is 0. The van der Waals surface area contributed by atoms with Crippen molar-refractivity contribution in [3.8, 4) is 0 Å². The fraction of sp³-hybridized carbons (Fsp3) is 0.421. The molecule has 2 aromatic rings. The molecule has 2 aromatic heterocycles.